The minimum Gasteiger partial charge on any atom is -0.376 e. The van der Waals surface area contributed by atoms with Crippen LogP contribution in [0.5, 0.6) is 0 Å². The Bertz CT molecular complexity index is 352. The molecule has 0 fully saturated rings. The number of para-hydroxylation sites is 1. The van der Waals surface area contributed by atoms with Gasteiger partial charge in [0, 0.05) is 18.7 Å². The molecule has 5 nitrogen and oxygen atoms in total. The van der Waals surface area contributed by atoms with Gasteiger partial charge in [-0.15, -0.1) is 0 Å². The summed E-state index contributed by atoms with van der Waals surface area (Å²) in [6.07, 6.45) is 0.164. The van der Waals surface area contributed by atoms with E-state index in [1.165, 1.54) is 0 Å². The van der Waals surface area contributed by atoms with Crippen LogP contribution in [0.1, 0.15) is 6.42 Å². The Labute approximate surface area is 94.0 Å². The van der Waals surface area contributed by atoms with Crippen molar-refractivity contribution >= 4 is 17.5 Å². The van der Waals surface area contributed by atoms with Gasteiger partial charge in [-0.1, -0.05) is 18.2 Å². The maximum atomic E-state index is 11.3. The normalized spacial score (nSPS) is 9.50. The predicted octanol–water partition coefficient (Wildman–Crippen LogP) is 0.0901. The maximum Gasteiger partial charge on any atom is 0.239 e. The van der Waals surface area contributed by atoms with Gasteiger partial charge in [-0.05, 0) is 12.1 Å². The number of carbonyl (C=O) groups is 2. The van der Waals surface area contributed by atoms with Gasteiger partial charge < -0.3 is 16.4 Å². The summed E-state index contributed by atoms with van der Waals surface area (Å²) >= 11 is 0. The summed E-state index contributed by atoms with van der Waals surface area (Å²) in [5, 5.41) is 5.54. The van der Waals surface area contributed by atoms with Crippen molar-refractivity contribution in [3.63, 3.8) is 0 Å². The van der Waals surface area contributed by atoms with Gasteiger partial charge in [-0.2, -0.15) is 0 Å². The molecule has 86 valence electrons. The first-order chi connectivity index (χ1) is 7.68. The van der Waals surface area contributed by atoms with Gasteiger partial charge in [0.1, 0.15) is 0 Å². The molecule has 0 saturated heterocycles. The molecule has 0 heterocycles. The van der Waals surface area contributed by atoms with Crippen molar-refractivity contribution in [2.45, 2.75) is 6.42 Å². The Morgan fingerprint density at radius 3 is 2.50 bits per heavy atom. The van der Waals surface area contributed by atoms with Crippen LogP contribution >= 0.6 is 0 Å². The third-order valence-electron chi connectivity index (χ3n) is 1.92. The van der Waals surface area contributed by atoms with E-state index in [0.717, 1.165) is 5.69 Å². The van der Waals surface area contributed by atoms with Crippen molar-refractivity contribution in [3.8, 4) is 0 Å². The Morgan fingerprint density at radius 1 is 1.19 bits per heavy atom. The van der Waals surface area contributed by atoms with Crippen molar-refractivity contribution < 1.29 is 9.59 Å². The molecule has 1 aromatic carbocycles. The van der Waals surface area contributed by atoms with E-state index >= 15 is 0 Å². The lowest BCUT2D eigenvalue weighted by molar-refractivity contribution is -0.120. The Kier molecular flexibility index (Phi) is 4.85. The molecule has 0 unspecified atom stereocenters. The van der Waals surface area contributed by atoms with Crippen LogP contribution < -0.4 is 16.4 Å². The molecule has 1 aromatic rings. The summed E-state index contributed by atoms with van der Waals surface area (Å²) in [6, 6.07) is 9.41. The third-order valence-corrected chi connectivity index (χ3v) is 1.92. The molecule has 0 aliphatic heterocycles. The largest absolute Gasteiger partial charge is 0.376 e. The molecule has 0 aromatic heterocycles. The highest BCUT2D eigenvalue weighted by molar-refractivity contribution is 5.81. The minimum atomic E-state index is -0.420. The number of hydrogen-bond acceptors (Lipinski definition) is 3. The number of anilines is 1. The van der Waals surface area contributed by atoms with Crippen molar-refractivity contribution in [1.29, 1.82) is 0 Å². The molecule has 2 amide bonds. The van der Waals surface area contributed by atoms with Gasteiger partial charge in [-0.25, -0.2) is 0 Å². The van der Waals surface area contributed by atoms with Crippen molar-refractivity contribution in [2.24, 2.45) is 5.73 Å². The average Bonchev–Trinajstić information content (AvgIpc) is 2.27. The summed E-state index contributed by atoms with van der Waals surface area (Å²) in [4.78, 5) is 21.7. The molecule has 0 aliphatic rings. The van der Waals surface area contributed by atoms with E-state index in [1.54, 1.807) is 0 Å². The number of nitrogens with two attached hydrogens (primary N) is 1. The number of nitrogens with one attached hydrogen (secondary N) is 2. The van der Waals surface area contributed by atoms with E-state index in [0.29, 0.717) is 0 Å². The number of primary amides is 1. The zero-order valence-electron chi connectivity index (χ0n) is 8.90. The number of amides is 2. The van der Waals surface area contributed by atoms with Gasteiger partial charge in [0.05, 0.1) is 6.54 Å². The van der Waals surface area contributed by atoms with Crippen LogP contribution in [0, 0.1) is 0 Å². The number of hydrogen-bond donors (Lipinski definition) is 3. The van der Waals surface area contributed by atoms with Gasteiger partial charge in [-0.3, -0.25) is 9.59 Å². The Hall–Kier alpha value is -2.04. The first kappa shape index (κ1) is 12.0. The molecule has 0 bridgehead atoms. The summed E-state index contributed by atoms with van der Waals surface area (Å²) in [7, 11) is 0. The second-order valence-corrected chi connectivity index (χ2v) is 3.29. The van der Waals surface area contributed by atoms with Crippen LogP contribution in [-0.4, -0.2) is 24.9 Å². The van der Waals surface area contributed by atoms with E-state index in [2.05, 4.69) is 10.6 Å². The monoisotopic (exact) mass is 221 g/mol. The lowest BCUT2D eigenvalue weighted by atomic mass is 10.3. The third kappa shape index (κ3) is 4.99. The fourth-order valence-electron chi connectivity index (χ4n) is 1.13. The van der Waals surface area contributed by atoms with Crippen LogP contribution in [0.15, 0.2) is 30.3 Å². The van der Waals surface area contributed by atoms with Crippen LogP contribution in [0.25, 0.3) is 0 Å². The van der Waals surface area contributed by atoms with Crippen molar-refractivity contribution in [1.82, 2.24) is 5.32 Å². The molecular weight excluding hydrogens is 206 g/mol. The van der Waals surface area contributed by atoms with Gasteiger partial charge in [0.25, 0.3) is 0 Å². The molecular formula is C11H15N3O2. The second kappa shape index (κ2) is 6.44. The molecule has 0 radical (unpaired) electrons. The standard InChI is InChI=1S/C11H15N3O2/c12-10(15)6-7-13-11(16)8-14-9-4-2-1-3-5-9/h1-5,14H,6-8H2,(H2,12,15)(H,13,16). The SMILES string of the molecule is NC(=O)CCNC(=O)CNc1ccccc1. The summed E-state index contributed by atoms with van der Waals surface area (Å²) in [6.45, 7) is 0.466. The van der Waals surface area contributed by atoms with Crippen molar-refractivity contribution in [3.05, 3.63) is 30.3 Å². The molecule has 0 aliphatic carbocycles. The fourth-order valence-corrected chi connectivity index (χ4v) is 1.13. The lowest BCUT2D eigenvalue weighted by Crippen LogP contribution is -2.32. The zero-order chi connectivity index (χ0) is 11.8. The zero-order valence-corrected chi connectivity index (χ0v) is 8.90. The quantitative estimate of drug-likeness (QED) is 0.636. The maximum absolute atomic E-state index is 11.3. The molecule has 0 atom stereocenters. The first-order valence-corrected chi connectivity index (χ1v) is 5.02. The van der Waals surface area contributed by atoms with Gasteiger partial charge >= 0.3 is 0 Å². The number of rotatable bonds is 6. The molecule has 0 saturated carbocycles. The Balaban J connectivity index is 2.18. The van der Waals surface area contributed by atoms with Gasteiger partial charge in [0.15, 0.2) is 0 Å². The van der Waals surface area contributed by atoms with Crippen molar-refractivity contribution in [2.75, 3.05) is 18.4 Å². The Morgan fingerprint density at radius 2 is 1.88 bits per heavy atom. The predicted molar refractivity (Wildman–Crippen MR) is 61.8 cm³/mol. The topological polar surface area (TPSA) is 84.2 Å². The first-order valence-electron chi connectivity index (χ1n) is 5.02. The van der Waals surface area contributed by atoms with Crippen LogP contribution in [0.2, 0.25) is 0 Å². The van der Waals surface area contributed by atoms with E-state index in [4.69, 9.17) is 5.73 Å². The summed E-state index contributed by atoms with van der Waals surface area (Å²) < 4.78 is 0. The van der Waals surface area contributed by atoms with Gasteiger partial charge in [0.2, 0.25) is 11.8 Å². The highest BCUT2D eigenvalue weighted by atomic mass is 16.2. The lowest BCUT2D eigenvalue weighted by Gasteiger charge is -2.06. The highest BCUT2D eigenvalue weighted by Crippen LogP contribution is 2.03. The summed E-state index contributed by atoms with van der Waals surface area (Å²) in [5.74, 6) is -0.582. The van der Waals surface area contributed by atoms with E-state index < -0.39 is 5.91 Å². The molecule has 1 rings (SSSR count). The minimum absolute atomic E-state index is 0.162. The van der Waals surface area contributed by atoms with Crippen LogP contribution in [0.3, 0.4) is 0 Å². The number of carbonyl (C=O) groups excluding carboxylic acids is 2. The average molecular weight is 221 g/mol. The number of benzene rings is 1. The molecule has 16 heavy (non-hydrogen) atoms. The van der Waals surface area contributed by atoms with E-state index in [-0.39, 0.29) is 25.4 Å². The van der Waals surface area contributed by atoms with E-state index in [1.807, 2.05) is 30.3 Å². The second-order valence-electron chi connectivity index (χ2n) is 3.29. The van der Waals surface area contributed by atoms with Crippen LogP contribution in [-0.2, 0) is 9.59 Å². The highest BCUT2D eigenvalue weighted by Gasteiger charge is 2.01. The van der Waals surface area contributed by atoms with Crippen LogP contribution in [0.4, 0.5) is 5.69 Å². The molecule has 4 N–H and O–H groups in total. The molecule has 0 spiro atoms. The summed E-state index contributed by atoms with van der Waals surface area (Å²) in [5.41, 5.74) is 5.82. The van der Waals surface area contributed by atoms with E-state index in [9.17, 15) is 9.59 Å². The fraction of sp³-hybridized carbons (Fsp3) is 0.273. The smallest absolute Gasteiger partial charge is 0.239 e. The molecule has 5 heteroatoms.